The van der Waals surface area contributed by atoms with Gasteiger partial charge in [-0.1, -0.05) is 97.1 Å². The summed E-state index contributed by atoms with van der Waals surface area (Å²) in [6.07, 6.45) is 15.7. The quantitative estimate of drug-likeness (QED) is 0.177. The highest BCUT2D eigenvalue weighted by Crippen LogP contribution is 2.46. The molecule has 2 unspecified atom stereocenters. The Bertz CT molecular complexity index is 2590. The molecule has 0 radical (unpaired) electrons. The number of benzene rings is 5. The molecule has 50 heavy (non-hydrogen) atoms. The maximum atomic E-state index is 6.09. The second-order valence-electron chi connectivity index (χ2n) is 13.0. The molecular weight excluding hydrogens is 629 g/mol. The van der Waals surface area contributed by atoms with Gasteiger partial charge in [-0.25, -0.2) is 0 Å². The van der Waals surface area contributed by atoms with Crippen LogP contribution in [0.25, 0.3) is 54.6 Å². The normalized spacial score (nSPS) is 16.7. The molecule has 3 aromatic heterocycles. The summed E-state index contributed by atoms with van der Waals surface area (Å²) in [6, 6.07) is 50.1. The molecule has 0 amide bonds. The van der Waals surface area contributed by atoms with E-state index >= 15 is 0 Å². The van der Waals surface area contributed by atoms with Gasteiger partial charge in [0.05, 0.1) is 0 Å². The minimum absolute atomic E-state index is 0.472. The summed E-state index contributed by atoms with van der Waals surface area (Å²) in [5, 5.41) is 2.78. The van der Waals surface area contributed by atoms with Crippen LogP contribution in [-0.4, -0.2) is 9.65 Å². The van der Waals surface area contributed by atoms with E-state index in [1.807, 2.05) is 23.9 Å². The summed E-state index contributed by atoms with van der Waals surface area (Å²) in [5.41, 5.74) is 12.4. The van der Waals surface area contributed by atoms with Crippen molar-refractivity contribution in [2.24, 2.45) is 5.92 Å². The number of fused-ring (bicyclic) bond motifs is 5. The van der Waals surface area contributed by atoms with Crippen molar-refractivity contribution in [3.63, 3.8) is 0 Å². The topological polar surface area (TPSA) is 20.8 Å². The number of para-hydroxylation sites is 1. The largest absolute Gasteiger partial charge is 0.456 e. The van der Waals surface area contributed by atoms with Crippen LogP contribution < -0.4 is 4.90 Å². The lowest BCUT2D eigenvalue weighted by Crippen LogP contribution is -2.09. The molecule has 8 aromatic rings. The van der Waals surface area contributed by atoms with E-state index in [9.17, 15) is 0 Å². The molecular formula is C46H32N2OS. The Morgan fingerprint density at radius 2 is 1.18 bits per heavy atom. The lowest BCUT2D eigenvalue weighted by molar-refractivity contribution is 0.669. The summed E-state index contributed by atoms with van der Waals surface area (Å²) >= 11 is 1.96. The number of aromatic nitrogens is 1. The molecule has 5 aromatic carbocycles. The molecule has 0 saturated carbocycles. The van der Waals surface area contributed by atoms with Gasteiger partial charge in [0.1, 0.15) is 11.2 Å². The number of pyridine rings is 1. The third kappa shape index (κ3) is 5.08. The number of hydrogen-bond acceptors (Lipinski definition) is 3. The molecule has 4 heterocycles. The van der Waals surface area contributed by atoms with Crippen LogP contribution in [0.15, 0.2) is 187 Å². The van der Waals surface area contributed by atoms with Gasteiger partial charge in [0.15, 0.2) is 0 Å². The van der Waals surface area contributed by atoms with Gasteiger partial charge in [-0.15, -0.1) is 11.8 Å². The molecule has 0 N–H and O–H groups in total. The van der Waals surface area contributed by atoms with Gasteiger partial charge in [-0.05, 0) is 95.1 Å². The van der Waals surface area contributed by atoms with E-state index < -0.39 is 0 Å². The van der Waals surface area contributed by atoms with Crippen molar-refractivity contribution in [3.8, 4) is 22.3 Å². The Kier molecular flexibility index (Phi) is 6.88. The van der Waals surface area contributed by atoms with Crippen molar-refractivity contribution in [3.05, 3.63) is 188 Å². The van der Waals surface area contributed by atoms with Crippen molar-refractivity contribution in [2.75, 3.05) is 4.90 Å². The fraction of sp³-hybridized carbons (Fsp3) is 0.0435. The Morgan fingerprint density at radius 1 is 0.540 bits per heavy atom. The molecule has 2 atom stereocenters. The molecule has 0 bridgehead atoms. The van der Waals surface area contributed by atoms with Gasteiger partial charge in [0.25, 0.3) is 0 Å². The second-order valence-corrected chi connectivity index (χ2v) is 14.2. The summed E-state index contributed by atoms with van der Waals surface area (Å²) < 4.78 is 8.26. The lowest BCUT2D eigenvalue weighted by atomic mass is 9.99. The first kappa shape index (κ1) is 29.0. The predicted octanol–water partition coefficient (Wildman–Crippen LogP) is 12.8. The molecule has 1 aliphatic heterocycles. The van der Waals surface area contributed by atoms with Crippen LogP contribution in [0.2, 0.25) is 0 Å². The number of rotatable bonds is 6. The number of hydrogen-bond donors (Lipinski definition) is 0. The Morgan fingerprint density at radius 3 is 1.92 bits per heavy atom. The third-order valence-electron chi connectivity index (χ3n) is 9.94. The van der Waals surface area contributed by atoms with Crippen molar-refractivity contribution in [2.45, 2.75) is 5.25 Å². The molecule has 3 nitrogen and oxygen atoms in total. The van der Waals surface area contributed by atoms with Crippen LogP contribution in [0.4, 0.5) is 17.1 Å². The highest BCUT2D eigenvalue weighted by atomic mass is 32.2. The predicted molar refractivity (Wildman–Crippen MR) is 211 cm³/mol. The van der Waals surface area contributed by atoms with Crippen LogP contribution in [-0.2, 0) is 0 Å². The van der Waals surface area contributed by atoms with E-state index in [2.05, 4.69) is 179 Å². The fourth-order valence-corrected chi connectivity index (χ4v) is 8.64. The van der Waals surface area contributed by atoms with E-state index in [0.717, 1.165) is 39.0 Å². The van der Waals surface area contributed by atoms with Gasteiger partial charge in [-0.2, -0.15) is 0 Å². The molecule has 0 saturated heterocycles. The van der Waals surface area contributed by atoms with Crippen molar-refractivity contribution < 1.29 is 4.42 Å². The highest BCUT2D eigenvalue weighted by Gasteiger charge is 2.26. The second kappa shape index (κ2) is 11.9. The van der Waals surface area contributed by atoms with Gasteiger partial charge < -0.3 is 13.7 Å². The average molecular weight is 661 g/mol. The third-order valence-corrected chi connectivity index (χ3v) is 11.3. The summed E-state index contributed by atoms with van der Waals surface area (Å²) in [5.74, 6) is 0.472. The van der Waals surface area contributed by atoms with Crippen LogP contribution in [0.1, 0.15) is 5.56 Å². The van der Waals surface area contributed by atoms with Gasteiger partial charge in [0, 0.05) is 67.4 Å². The number of anilines is 3. The Balaban J connectivity index is 1.01. The first-order valence-corrected chi connectivity index (χ1v) is 17.9. The Hall–Kier alpha value is -5.97. The molecule has 0 fully saturated rings. The molecule has 1 aliphatic carbocycles. The van der Waals surface area contributed by atoms with Gasteiger partial charge in [0.2, 0.25) is 0 Å². The highest BCUT2D eigenvalue weighted by molar-refractivity contribution is 8.09. The molecule has 4 heteroatoms. The molecule has 10 rings (SSSR count). The Labute approximate surface area is 295 Å². The van der Waals surface area contributed by atoms with E-state index in [1.165, 1.54) is 38.2 Å². The first-order valence-electron chi connectivity index (χ1n) is 17.1. The lowest BCUT2D eigenvalue weighted by Gasteiger charge is -2.26. The average Bonchev–Trinajstić information content (AvgIpc) is 3.91. The zero-order chi connectivity index (χ0) is 33.0. The number of thioether (sulfide) groups is 1. The molecule has 0 spiro atoms. The van der Waals surface area contributed by atoms with E-state index in [1.54, 1.807) is 0 Å². The molecule has 2 aliphatic rings. The van der Waals surface area contributed by atoms with Gasteiger partial charge >= 0.3 is 0 Å². The van der Waals surface area contributed by atoms with Crippen molar-refractivity contribution in [1.29, 1.82) is 0 Å². The van der Waals surface area contributed by atoms with Crippen LogP contribution >= 0.6 is 11.8 Å². The smallest absolute Gasteiger partial charge is 0.135 e. The number of nitrogens with zero attached hydrogens (tertiary/aromatic N) is 2. The van der Waals surface area contributed by atoms with Gasteiger partial charge in [-0.3, -0.25) is 0 Å². The monoisotopic (exact) mass is 660 g/mol. The minimum atomic E-state index is 0.472. The fourth-order valence-electron chi connectivity index (χ4n) is 7.34. The zero-order valence-electron chi connectivity index (χ0n) is 27.2. The van der Waals surface area contributed by atoms with Crippen LogP contribution in [0.3, 0.4) is 0 Å². The maximum Gasteiger partial charge on any atom is 0.135 e. The van der Waals surface area contributed by atoms with E-state index in [0.29, 0.717) is 11.2 Å². The standard InChI is InChI=1S/C46H32N2OS/c1-4-11-45-35(7-1)29-46(50-45)33-16-23-39(24-17-33)48(38-21-14-32(15-22-38)36-27-40-8-5-6-26-47(40)30-36)37-19-12-31(13-20-37)34-18-25-44-42(28-34)41-9-2-3-10-43(41)49-44/h1-30,35,45H. The maximum absolute atomic E-state index is 6.09. The summed E-state index contributed by atoms with van der Waals surface area (Å²) in [7, 11) is 0. The number of furan rings is 1. The van der Waals surface area contributed by atoms with Crippen LogP contribution in [0, 0.1) is 5.92 Å². The van der Waals surface area contributed by atoms with E-state index in [-0.39, 0.29) is 0 Å². The summed E-state index contributed by atoms with van der Waals surface area (Å²) in [6.45, 7) is 0. The van der Waals surface area contributed by atoms with E-state index in [4.69, 9.17) is 4.42 Å². The summed E-state index contributed by atoms with van der Waals surface area (Å²) in [4.78, 5) is 3.70. The zero-order valence-corrected chi connectivity index (χ0v) is 28.0. The van der Waals surface area contributed by atoms with Crippen molar-refractivity contribution >= 4 is 61.2 Å². The molecule has 238 valence electrons. The number of allylic oxidation sites excluding steroid dienone is 4. The van der Waals surface area contributed by atoms with Crippen LogP contribution in [0.5, 0.6) is 0 Å². The SMILES string of the molecule is C1=CC2C=C(c3ccc(N(c4ccc(-c5ccc6oc7ccccc7c6c5)cc4)c4ccc(-c5cc6ccccn6c5)cc4)cc3)SC2C=C1. The minimum Gasteiger partial charge on any atom is -0.456 e. The van der Waals surface area contributed by atoms with Crippen molar-refractivity contribution in [1.82, 2.24) is 4.40 Å². The first-order chi connectivity index (χ1) is 24.7.